The average molecular weight is 194 g/mol. The number of ketones is 1. The molecule has 14 heavy (non-hydrogen) atoms. The lowest BCUT2D eigenvalue weighted by molar-refractivity contribution is 0.0896. The summed E-state index contributed by atoms with van der Waals surface area (Å²) in [6.45, 7) is 1.03. The maximum atomic E-state index is 13.2. The molecule has 3 heteroatoms. The molecule has 74 valence electrons. The highest BCUT2D eigenvalue weighted by Crippen LogP contribution is 2.19. The number of rotatable bonds is 2. The van der Waals surface area contributed by atoms with E-state index in [1.165, 1.54) is 12.1 Å². The van der Waals surface area contributed by atoms with Crippen molar-refractivity contribution < 1.29 is 13.9 Å². The van der Waals surface area contributed by atoms with Crippen LogP contribution in [-0.4, -0.2) is 19.0 Å². The Morgan fingerprint density at radius 3 is 2.86 bits per heavy atom. The molecule has 1 unspecified atom stereocenters. The van der Waals surface area contributed by atoms with Crippen LogP contribution in [0.2, 0.25) is 0 Å². The fourth-order valence-corrected chi connectivity index (χ4v) is 1.62. The predicted octanol–water partition coefficient (Wildman–Crippen LogP) is 2.04. The first-order valence-corrected chi connectivity index (χ1v) is 4.65. The van der Waals surface area contributed by atoms with Crippen LogP contribution in [0.15, 0.2) is 24.3 Å². The predicted molar refractivity (Wildman–Crippen MR) is 49.7 cm³/mol. The molecule has 1 fully saturated rings. The van der Waals surface area contributed by atoms with Crippen LogP contribution in [0.3, 0.4) is 0 Å². The zero-order chi connectivity index (χ0) is 9.97. The molecule has 0 radical (unpaired) electrons. The molecule has 2 nitrogen and oxygen atoms in total. The lowest BCUT2D eigenvalue weighted by atomic mass is 9.97. The number of carbonyl (C=O) groups is 1. The van der Waals surface area contributed by atoms with E-state index in [4.69, 9.17) is 4.74 Å². The number of hydrogen-bond acceptors (Lipinski definition) is 2. The van der Waals surface area contributed by atoms with E-state index in [1.807, 2.05) is 0 Å². The van der Waals surface area contributed by atoms with Gasteiger partial charge in [-0.1, -0.05) is 12.1 Å². The van der Waals surface area contributed by atoms with Gasteiger partial charge in [-0.15, -0.1) is 0 Å². The van der Waals surface area contributed by atoms with Gasteiger partial charge >= 0.3 is 0 Å². The fourth-order valence-electron chi connectivity index (χ4n) is 1.62. The van der Waals surface area contributed by atoms with Gasteiger partial charge in [0.15, 0.2) is 5.78 Å². The van der Waals surface area contributed by atoms with Crippen molar-refractivity contribution in [3.63, 3.8) is 0 Å². The first-order chi connectivity index (χ1) is 6.79. The van der Waals surface area contributed by atoms with Crippen molar-refractivity contribution in [1.82, 2.24) is 0 Å². The average Bonchev–Trinajstić information content (AvgIpc) is 2.70. The highest BCUT2D eigenvalue weighted by molar-refractivity contribution is 5.98. The lowest BCUT2D eigenvalue weighted by Crippen LogP contribution is -2.15. The molecule has 0 spiro atoms. The van der Waals surface area contributed by atoms with E-state index in [-0.39, 0.29) is 17.3 Å². The summed E-state index contributed by atoms with van der Waals surface area (Å²) in [6.07, 6.45) is 0.702. The summed E-state index contributed by atoms with van der Waals surface area (Å²) in [6, 6.07) is 6.09. The Morgan fingerprint density at radius 2 is 2.21 bits per heavy atom. The molecule has 1 aromatic rings. The van der Waals surface area contributed by atoms with E-state index >= 15 is 0 Å². The molecule has 1 aliphatic heterocycles. The van der Waals surface area contributed by atoms with Crippen LogP contribution in [0.5, 0.6) is 0 Å². The van der Waals surface area contributed by atoms with Gasteiger partial charge in [0.2, 0.25) is 0 Å². The fraction of sp³-hybridized carbons (Fsp3) is 0.364. The molecular weight excluding hydrogens is 183 g/mol. The number of Topliss-reactive ketones (excluding diaryl/α,β-unsaturated/α-hetero) is 1. The van der Waals surface area contributed by atoms with Gasteiger partial charge in [-0.05, 0) is 18.6 Å². The van der Waals surface area contributed by atoms with Gasteiger partial charge < -0.3 is 4.74 Å². The van der Waals surface area contributed by atoms with Crippen LogP contribution in [0.25, 0.3) is 0 Å². The second-order valence-electron chi connectivity index (χ2n) is 3.40. The Balaban J connectivity index is 2.22. The van der Waals surface area contributed by atoms with Crippen LogP contribution in [0.1, 0.15) is 16.8 Å². The first kappa shape index (κ1) is 9.34. The molecule has 1 aromatic carbocycles. The Kier molecular flexibility index (Phi) is 2.59. The molecule has 0 saturated carbocycles. The molecule has 0 N–H and O–H groups in total. The molecule has 0 aromatic heterocycles. The molecule has 1 atom stereocenters. The van der Waals surface area contributed by atoms with Crippen LogP contribution >= 0.6 is 0 Å². The van der Waals surface area contributed by atoms with Crippen molar-refractivity contribution in [2.75, 3.05) is 13.2 Å². The van der Waals surface area contributed by atoms with E-state index < -0.39 is 5.82 Å². The molecule has 1 saturated heterocycles. The summed E-state index contributed by atoms with van der Waals surface area (Å²) >= 11 is 0. The zero-order valence-corrected chi connectivity index (χ0v) is 7.70. The van der Waals surface area contributed by atoms with Crippen molar-refractivity contribution in [2.45, 2.75) is 6.42 Å². The van der Waals surface area contributed by atoms with Crippen molar-refractivity contribution in [3.8, 4) is 0 Å². The van der Waals surface area contributed by atoms with E-state index in [2.05, 4.69) is 0 Å². The van der Waals surface area contributed by atoms with Crippen molar-refractivity contribution in [1.29, 1.82) is 0 Å². The molecule has 0 amide bonds. The normalized spacial score (nSPS) is 21.1. The van der Waals surface area contributed by atoms with Gasteiger partial charge in [-0.25, -0.2) is 4.39 Å². The number of halogens is 1. The summed E-state index contributed by atoms with van der Waals surface area (Å²) in [5.41, 5.74) is 0.183. The molecule has 1 heterocycles. The third kappa shape index (κ3) is 1.68. The van der Waals surface area contributed by atoms with E-state index in [0.29, 0.717) is 19.6 Å². The highest BCUT2D eigenvalue weighted by atomic mass is 19.1. The van der Waals surface area contributed by atoms with Crippen LogP contribution in [0, 0.1) is 11.7 Å². The Labute approximate surface area is 81.7 Å². The summed E-state index contributed by atoms with van der Waals surface area (Å²) in [4.78, 5) is 11.7. The summed E-state index contributed by atoms with van der Waals surface area (Å²) < 4.78 is 18.3. The smallest absolute Gasteiger partial charge is 0.171 e. The van der Waals surface area contributed by atoms with E-state index in [9.17, 15) is 9.18 Å². The number of hydrogen-bond donors (Lipinski definition) is 0. The highest BCUT2D eigenvalue weighted by Gasteiger charge is 2.26. The van der Waals surface area contributed by atoms with Gasteiger partial charge in [-0.2, -0.15) is 0 Å². The maximum Gasteiger partial charge on any atom is 0.171 e. The molecule has 0 aliphatic carbocycles. The minimum atomic E-state index is -0.440. The zero-order valence-electron chi connectivity index (χ0n) is 7.70. The SMILES string of the molecule is O=C(c1ccccc1F)C1CCOC1. The Bertz CT molecular complexity index is 343. The van der Waals surface area contributed by atoms with Crippen molar-refractivity contribution in [2.24, 2.45) is 5.92 Å². The molecule has 1 aliphatic rings. The minimum absolute atomic E-state index is 0.138. The summed E-state index contributed by atoms with van der Waals surface area (Å²) in [7, 11) is 0. The summed E-state index contributed by atoms with van der Waals surface area (Å²) in [5, 5.41) is 0. The van der Waals surface area contributed by atoms with E-state index in [0.717, 1.165) is 0 Å². The third-order valence-corrected chi connectivity index (χ3v) is 2.44. The van der Waals surface area contributed by atoms with Crippen LogP contribution < -0.4 is 0 Å². The Hall–Kier alpha value is -1.22. The van der Waals surface area contributed by atoms with E-state index in [1.54, 1.807) is 12.1 Å². The van der Waals surface area contributed by atoms with Gasteiger partial charge in [0.25, 0.3) is 0 Å². The number of benzene rings is 1. The second kappa shape index (κ2) is 3.88. The molecular formula is C11H11FO2. The van der Waals surface area contributed by atoms with Crippen LogP contribution in [0.4, 0.5) is 4.39 Å². The Morgan fingerprint density at radius 1 is 1.43 bits per heavy atom. The topological polar surface area (TPSA) is 26.3 Å². The molecule has 0 bridgehead atoms. The first-order valence-electron chi connectivity index (χ1n) is 4.65. The summed E-state index contributed by atoms with van der Waals surface area (Å²) in [5.74, 6) is -0.739. The van der Waals surface area contributed by atoms with Gasteiger partial charge in [0.1, 0.15) is 5.82 Å². The number of ether oxygens (including phenoxy) is 1. The largest absolute Gasteiger partial charge is 0.381 e. The quantitative estimate of drug-likeness (QED) is 0.673. The maximum absolute atomic E-state index is 13.2. The standard InChI is InChI=1S/C11H11FO2/c12-10-4-2-1-3-9(10)11(13)8-5-6-14-7-8/h1-4,8H,5-7H2. The third-order valence-electron chi connectivity index (χ3n) is 2.44. The van der Waals surface area contributed by atoms with Gasteiger partial charge in [0.05, 0.1) is 12.2 Å². The lowest BCUT2D eigenvalue weighted by Gasteiger charge is -2.06. The monoisotopic (exact) mass is 194 g/mol. The van der Waals surface area contributed by atoms with Crippen LogP contribution in [-0.2, 0) is 4.74 Å². The van der Waals surface area contributed by atoms with Crippen molar-refractivity contribution >= 4 is 5.78 Å². The second-order valence-corrected chi connectivity index (χ2v) is 3.40. The minimum Gasteiger partial charge on any atom is -0.381 e. The number of carbonyl (C=O) groups excluding carboxylic acids is 1. The van der Waals surface area contributed by atoms with Crippen molar-refractivity contribution in [3.05, 3.63) is 35.6 Å². The van der Waals surface area contributed by atoms with Gasteiger partial charge in [0, 0.05) is 12.5 Å². The molecule has 2 rings (SSSR count). The van der Waals surface area contributed by atoms with Gasteiger partial charge in [-0.3, -0.25) is 4.79 Å².